The summed E-state index contributed by atoms with van der Waals surface area (Å²) < 4.78 is 6.18. The Hall–Kier alpha value is -4.34. The van der Waals surface area contributed by atoms with Gasteiger partial charge in [-0.05, 0) is 105 Å². The second-order valence-corrected chi connectivity index (χ2v) is 11.9. The number of benzene rings is 3. The number of amides is 1. The van der Waals surface area contributed by atoms with Crippen molar-refractivity contribution < 1.29 is 9.53 Å². The molecule has 0 aliphatic carbocycles. The summed E-state index contributed by atoms with van der Waals surface area (Å²) in [5.74, 6) is 2.08. The van der Waals surface area contributed by atoms with Gasteiger partial charge in [0, 0.05) is 35.1 Å². The highest BCUT2D eigenvalue weighted by atomic mass is 16.5. The standard InChI is InChI=1S/C35H39N7O2/c43-33(24-42-15-2-1-3-16-42)37-28-8-6-7-25(19-28)34-39-32-12-11-30(44-18-17-41-13-4-5-14-41)21-31(32)35(40-34)38-29-10-9-26-22-36-23-27(26)20-29/h6-12,19-21,23H,1-5,13-18,22,24H2,(H,37,43)(H,38,39,40). The number of likely N-dealkylation sites (tertiary alicyclic amines) is 2. The van der Waals surface area contributed by atoms with Gasteiger partial charge in [-0.3, -0.25) is 19.6 Å². The molecule has 4 aromatic rings. The second kappa shape index (κ2) is 13.1. The minimum absolute atomic E-state index is 0.00300. The van der Waals surface area contributed by atoms with Crippen LogP contribution in [0.1, 0.15) is 43.2 Å². The van der Waals surface area contributed by atoms with Gasteiger partial charge in [0.25, 0.3) is 0 Å². The molecule has 2 N–H and O–H groups in total. The van der Waals surface area contributed by atoms with E-state index in [1.165, 1.54) is 24.8 Å². The van der Waals surface area contributed by atoms with Gasteiger partial charge >= 0.3 is 0 Å². The van der Waals surface area contributed by atoms with Crippen LogP contribution in [-0.2, 0) is 11.3 Å². The normalized spacial score (nSPS) is 16.7. The van der Waals surface area contributed by atoms with Gasteiger partial charge < -0.3 is 15.4 Å². The van der Waals surface area contributed by atoms with Crippen molar-refractivity contribution in [3.8, 4) is 17.1 Å². The Kier molecular flexibility index (Phi) is 8.47. The first-order valence-electron chi connectivity index (χ1n) is 15.9. The SMILES string of the molecule is O=C(CN1CCCCC1)Nc1cccc(-c2nc(Nc3ccc4c(c3)C=NC4)c3cc(OCCN4CCCC4)ccc3n2)c1. The molecule has 3 aliphatic heterocycles. The summed E-state index contributed by atoms with van der Waals surface area (Å²) in [6, 6.07) is 20.1. The number of ether oxygens (including phenoxy) is 1. The van der Waals surface area contributed by atoms with Gasteiger partial charge in [0.1, 0.15) is 18.2 Å². The molecular weight excluding hydrogens is 550 g/mol. The highest BCUT2D eigenvalue weighted by Crippen LogP contribution is 2.32. The molecular formula is C35H39N7O2. The molecule has 0 saturated carbocycles. The third kappa shape index (κ3) is 6.74. The van der Waals surface area contributed by atoms with E-state index in [4.69, 9.17) is 14.7 Å². The molecule has 4 heterocycles. The van der Waals surface area contributed by atoms with Gasteiger partial charge in [-0.25, -0.2) is 9.97 Å². The lowest BCUT2D eigenvalue weighted by atomic mass is 10.1. The first-order valence-corrected chi connectivity index (χ1v) is 15.9. The van der Waals surface area contributed by atoms with Gasteiger partial charge in [-0.2, -0.15) is 0 Å². The lowest BCUT2D eigenvalue weighted by molar-refractivity contribution is -0.117. The summed E-state index contributed by atoms with van der Waals surface area (Å²) in [6.45, 7) is 6.99. The fraction of sp³-hybridized carbons (Fsp3) is 0.371. The van der Waals surface area contributed by atoms with Gasteiger partial charge in [-0.1, -0.05) is 24.6 Å². The van der Waals surface area contributed by atoms with Crippen LogP contribution in [0.15, 0.2) is 65.7 Å². The van der Waals surface area contributed by atoms with E-state index in [9.17, 15) is 4.79 Å². The molecule has 0 unspecified atom stereocenters. The molecule has 226 valence electrons. The van der Waals surface area contributed by atoms with Crippen LogP contribution >= 0.6 is 0 Å². The maximum atomic E-state index is 12.8. The van der Waals surface area contributed by atoms with E-state index in [0.717, 1.165) is 91.3 Å². The molecule has 0 spiro atoms. The summed E-state index contributed by atoms with van der Waals surface area (Å²) in [6.07, 6.45) is 8.02. The van der Waals surface area contributed by atoms with E-state index >= 15 is 0 Å². The molecule has 3 aromatic carbocycles. The van der Waals surface area contributed by atoms with E-state index in [0.29, 0.717) is 24.8 Å². The predicted molar refractivity (Wildman–Crippen MR) is 176 cm³/mol. The molecule has 44 heavy (non-hydrogen) atoms. The van der Waals surface area contributed by atoms with E-state index in [2.05, 4.69) is 43.6 Å². The maximum Gasteiger partial charge on any atom is 0.238 e. The zero-order chi connectivity index (χ0) is 29.7. The molecule has 0 radical (unpaired) electrons. The Morgan fingerprint density at radius 3 is 2.57 bits per heavy atom. The number of fused-ring (bicyclic) bond motifs is 2. The van der Waals surface area contributed by atoms with Crippen molar-refractivity contribution in [2.24, 2.45) is 4.99 Å². The van der Waals surface area contributed by atoms with Gasteiger partial charge in [-0.15, -0.1) is 0 Å². The average Bonchev–Trinajstić information content (AvgIpc) is 3.74. The van der Waals surface area contributed by atoms with Crippen molar-refractivity contribution in [1.29, 1.82) is 0 Å². The van der Waals surface area contributed by atoms with Crippen LogP contribution in [-0.4, -0.2) is 77.8 Å². The molecule has 3 aliphatic rings. The quantitative estimate of drug-likeness (QED) is 0.239. The van der Waals surface area contributed by atoms with Crippen LogP contribution in [0.5, 0.6) is 5.75 Å². The van der Waals surface area contributed by atoms with Gasteiger partial charge in [0.15, 0.2) is 5.82 Å². The van der Waals surface area contributed by atoms with Crippen molar-refractivity contribution in [3.05, 3.63) is 71.8 Å². The maximum absolute atomic E-state index is 12.8. The molecule has 1 aromatic heterocycles. The number of anilines is 3. The number of nitrogens with zero attached hydrogens (tertiary/aromatic N) is 5. The molecule has 9 heteroatoms. The number of hydrogen-bond acceptors (Lipinski definition) is 8. The Labute approximate surface area is 258 Å². The molecule has 0 atom stereocenters. The van der Waals surface area contributed by atoms with Crippen LogP contribution in [0.2, 0.25) is 0 Å². The Morgan fingerprint density at radius 2 is 1.68 bits per heavy atom. The topological polar surface area (TPSA) is 95.0 Å². The van der Waals surface area contributed by atoms with E-state index in [1.807, 2.05) is 48.7 Å². The molecule has 2 saturated heterocycles. The van der Waals surface area contributed by atoms with E-state index < -0.39 is 0 Å². The molecule has 9 nitrogen and oxygen atoms in total. The fourth-order valence-corrected chi connectivity index (χ4v) is 6.29. The minimum atomic E-state index is 0.00300. The number of hydrogen-bond donors (Lipinski definition) is 2. The van der Waals surface area contributed by atoms with Crippen molar-refractivity contribution >= 4 is 40.2 Å². The number of carbonyl (C=O) groups excluding carboxylic acids is 1. The van der Waals surface area contributed by atoms with Crippen LogP contribution in [0.4, 0.5) is 17.2 Å². The molecule has 7 rings (SSSR count). The van der Waals surface area contributed by atoms with Gasteiger partial charge in [0.05, 0.1) is 18.6 Å². The predicted octanol–water partition coefficient (Wildman–Crippen LogP) is 5.87. The zero-order valence-electron chi connectivity index (χ0n) is 25.1. The third-order valence-electron chi connectivity index (χ3n) is 8.66. The van der Waals surface area contributed by atoms with Crippen LogP contribution < -0.4 is 15.4 Å². The smallest absolute Gasteiger partial charge is 0.238 e. The number of rotatable bonds is 10. The summed E-state index contributed by atoms with van der Waals surface area (Å²) >= 11 is 0. The summed E-state index contributed by atoms with van der Waals surface area (Å²) in [5.41, 5.74) is 5.65. The lowest BCUT2D eigenvalue weighted by Gasteiger charge is -2.25. The second-order valence-electron chi connectivity index (χ2n) is 11.9. The first-order chi connectivity index (χ1) is 21.7. The Morgan fingerprint density at radius 1 is 0.841 bits per heavy atom. The Balaban J connectivity index is 1.16. The summed E-state index contributed by atoms with van der Waals surface area (Å²) in [5, 5.41) is 7.52. The van der Waals surface area contributed by atoms with Gasteiger partial charge in [0.2, 0.25) is 5.91 Å². The summed E-state index contributed by atoms with van der Waals surface area (Å²) in [4.78, 5) is 31.8. The van der Waals surface area contributed by atoms with Crippen LogP contribution in [0.3, 0.4) is 0 Å². The van der Waals surface area contributed by atoms with E-state index in [-0.39, 0.29) is 5.91 Å². The number of nitrogens with one attached hydrogen (secondary N) is 2. The highest BCUT2D eigenvalue weighted by Gasteiger charge is 2.17. The third-order valence-corrected chi connectivity index (χ3v) is 8.66. The molecule has 1 amide bonds. The fourth-order valence-electron chi connectivity index (χ4n) is 6.29. The van der Waals surface area contributed by atoms with E-state index in [1.54, 1.807) is 0 Å². The minimum Gasteiger partial charge on any atom is -0.492 e. The van der Waals surface area contributed by atoms with Crippen LogP contribution in [0, 0.1) is 0 Å². The highest BCUT2D eigenvalue weighted by molar-refractivity contribution is 5.95. The molecule has 0 bridgehead atoms. The first kappa shape index (κ1) is 28.4. The number of aromatic nitrogens is 2. The van der Waals surface area contributed by atoms with Crippen molar-refractivity contribution in [2.45, 2.75) is 38.6 Å². The summed E-state index contributed by atoms with van der Waals surface area (Å²) in [7, 11) is 0. The largest absolute Gasteiger partial charge is 0.492 e. The Bertz CT molecular complexity index is 1680. The zero-order valence-corrected chi connectivity index (χ0v) is 25.1. The van der Waals surface area contributed by atoms with Crippen molar-refractivity contribution in [2.75, 3.05) is 56.5 Å². The monoisotopic (exact) mass is 589 g/mol. The number of carbonyl (C=O) groups is 1. The lowest BCUT2D eigenvalue weighted by Crippen LogP contribution is -2.36. The number of aliphatic imine (C=N–C) groups is 1. The van der Waals surface area contributed by atoms with Crippen molar-refractivity contribution in [1.82, 2.24) is 19.8 Å². The molecule has 2 fully saturated rings. The van der Waals surface area contributed by atoms with Crippen LogP contribution in [0.25, 0.3) is 22.3 Å². The average molecular weight is 590 g/mol. The number of piperidine rings is 1. The van der Waals surface area contributed by atoms with Crippen molar-refractivity contribution in [3.63, 3.8) is 0 Å².